The Hall–Kier alpha value is -2.81. The monoisotopic (exact) mass is 341 g/mol. The third-order valence-corrected chi connectivity index (χ3v) is 4.33. The molecule has 2 N–H and O–H groups in total. The molecule has 0 fully saturated rings. The zero-order valence-corrected chi connectivity index (χ0v) is 14.8. The van der Waals surface area contributed by atoms with Crippen molar-refractivity contribution >= 4 is 5.91 Å². The molecule has 0 aliphatic rings. The van der Waals surface area contributed by atoms with Gasteiger partial charge in [0.15, 0.2) is 0 Å². The van der Waals surface area contributed by atoms with E-state index in [1.165, 1.54) is 0 Å². The van der Waals surface area contributed by atoms with Crippen LogP contribution < -0.4 is 10.9 Å². The van der Waals surface area contributed by atoms with Gasteiger partial charge in [0.05, 0.1) is 6.26 Å². The van der Waals surface area contributed by atoms with E-state index in [1.54, 1.807) is 20.1 Å². The molecule has 0 aliphatic carbocycles. The number of hydrogen-bond donors (Lipinski definition) is 2. The standard InChI is InChI=1S/C19H23N3O3/c1-12(6-7-15-5-4-10-25-15)21-18(23)9-8-16-13(2)17(11-20)19(24)22-14(16)3/h4-5,10,12H,6-9H2,1-3H3,(H,21,23)(H,22,24)/t12-/m0/s1. The van der Waals surface area contributed by atoms with Gasteiger partial charge in [-0.2, -0.15) is 5.26 Å². The largest absolute Gasteiger partial charge is 0.469 e. The van der Waals surface area contributed by atoms with E-state index in [0.29, 0.717) is 24.1 Å². The average Bonchev–Trinajstić information content (AvgIpc) is 3.06. The van der Waals surface area contributed by atoms with E-state index in [1.807, 2.05) is 25.1 Å². The first-order valence-electron chi connectivity index (χ1n) is 8.36. The van der Waals surface area contributed by atoms with Gasteiger partial charge in [-0.15, -0.1) is 0 Å². The fourth-order valence-electron chi connectivity index (χ4n) is 2.89. The van der Waals surface area contributed by atoms with Crippen molar-refractivity contribution in [3.05, 3.63) is 56.9 Å². The first kappa shape index (κ1) is 18.5. The Morgan fingerprint density at radius 3 is 2.80 bits per heavy atom. The Kier molecular flexibility index (Phi) is 6.18. The van der Waals surface area contributed by atoms with Gasteiger partial charge in [0.2, 0.25) is 5.91 Å². The molecular weight excluding hydrogens is 318 g/mol. The van der Waals surface area contributed by atoms with Crippen molar-refractivity contribution in [1.29, 1.82) is 5.26 Å². The predicted molar refractivity (Wildman–Crippen MR) is 94.2 cm³/mol. The summed E-state index contributed by atoms with van der Waals surface area (Å²) >= 11 is 0. The predicted octanol–water partition coefficient (Wildman–Crippen LogP) is 2.53. The number of nitrogens with zero attached hydrogens (tertiary/aromatic N) is 1. The van der Waals surface area contributed by atoms with E-state index in [4.69, 9.17) is 9.68 Å². The van der Waals surface area contributed by atoms with Crippen molar-refractivity contribution in [3.63, 3.8) is 0 Å². The number of furan rings is 1. The minimum atomic E-state index is -0.378. The molecule has 2 aromatic rings. The Morgan fingerprint density at radius 1 is 1.40 bits per heavy atom. The first-order chi connectivity index (χ1) is 11.9. The summed E-state index contributed by atoms with van der Waals surface area (Å²) in [5.41, 5.74) is 1.96. The summed E-state index contributed by atoms with van der Waals surface area (Å²) in [6.07, 6.45) is 4.01. The SMILES string of the molecule is Cc1[nH]c(=O)c(C#N)c(C)c1CCC(=O)N[C@@H](C)CCc1ccco1. The van der Waals surface area contributed by atoms with Gasteiger partial charge in [0.25, 0.3) is 5.56 Å². The molecule has 0 unspecified atom stereocenters. The average molecular weight is 341 g/mol. The van der Waals surface area contributed by atoms with Crippen LogP contribution in [0.4, 0.5) is 0 Å². The van der Waals surface area contributed by atoms with Crippen molar-refractivity contribution in [2.75, 3.05) is 0 Å². The fraction of sp³-hybridized carbons (Fsp3) is 0.421. The van der Waals surface area contributed by atoms with Crippen LogP contribution in [0.25, 0.3) is 0 Å². The topological polar surface area (TPSA) is 98.9 Å². The summed E-state index contributed by atoms with van der Waals surface area (Å²) in [4.78, 5) is 26.6. The van der Waals surface area contributed by atoms with Crippen LogP contribution in [0.5, 0.6) is 0 Å². The van der Waals surface area contributed by atoms with Crippen LogP contribution in [-0.2, 0) is 17.6 Å². The summed E-state index contributed by atoms with van der Waals surface area (Å²) in [6.45, 7) is 5.50. The van der Waals surface area contributed by atoms with E-state index in [2.05, 4.69) is 10.3 Å². The highest BCUT2D eigenvalue weighted by Gasteiger charge is 2.14. The van der Waals surface area contributed by atoms with Gasteiger partial charge < -0.3 is 14.7 Å². The molecule has 0 radical (unpaired) electrons. The highest BCUT2D eigenvalue weighted by Crippen LogP contribution is 2.15. The number of hydrogen-bond acceptors (Lipinski definition) is 4. The highest BCUT2D eigenvalue weighted by molar-refractivity contribution is 5.76. The van der Waals surface area contributed by atoms with Crippen LogP contribution in [0.15, 0.2) is 27.6 Å². The minimum absolute atomic E-state index is 0.0459. The molecule has 1 amide bonds. The Labute approximate surface area is 146 Å². The highest BCUT2D eigenvalue weighted by atomic mass is 16.3. The van der Waals surface area contributed by atoms with Gasteiger partial charge in [-0.25, -0.2) is 0 Å². The van der Waals surface area contributed by atoms with Crippen molar-refractivity contribution in [2.24, 2.45) is 0 Å². The molecule has 6 nitrogen and oxygen atoms in total. The Bertz CT molecular complexity index is 829. The lowest BCUT2D eigenvalue weighted by atomic mass is 9.99. The number of rotatable bonds is 7. The second-order valence-electron chi connectivity index (χ2n) is 6.26. The number of amides is 1. The third kappa shape index (κ3) is 4.83. The summed E-state index contributed by atoms with van der Waals surface area (Å²) in [5.74, 6) is 0.861. The number of aromatic amines is 1. The van der Waals surface area contributed by atoms with Crippen LogP contribution in [0.1, 0.15) is 47.9 Å². The zero-order chi connectivity index (χ0) is 18.4. The van der Waals surface area contributed by atoms with Crippen molar-refractivity contribution in [1.82, 2.24) is 10.3 Å². The molecule has 132 valence electrons. The maximum Gasteiger partial charge on any atom is 0.266 e. The fourth-order valence-corrected chi connectivity index (χ4v) is 2.89. The molecule has 0 saturated heterocycles. The van der Waals surface area contributed by atoms with Gasteiger partial charge >= 0.3 is 0 Å². The van der Waals surface area contributed by atoms with Crippen molar-refractivity contribution in [3.8, 4) is 6.07 Å². The molecule has 0 spiro atoms. The molecule has 0 aliphatic heterocycles. The Morgan fingerprint density at radius 2 is 2.16 bits per heavy atom. The van der Waals surface area contributed by atoms with E-state index < -0.39 is 0 Å². The lowest BCUT2D eigenvalue weighted by molar-refractivity contribution is -0.121. The van der Waals surface area contributed by atoms with Gasteiger partial charge in [-0.05, 0) is 56.9 Å². The van der Waals surface area contributed by atoms with Crippen LogP contribution in [0.3, 0.4) is 0 Å². The quantitative estimate of drug-likeness (QED) is 0.808. The van der Waals surface area contributed by atoms with Gasteiger partial charge in [0, 0.05) is 24.6 Å². The summed E-state index contributed by atoms with van der Waals surface area (Å²) in [5, 5.41) is 12.1. The maximum absolute atomic E-state index is 12.2. The summed E-state index contributed by atoms with van der Waals surface area (Å²) in [6, 6.07) is 5.74. The van der Waals surface area contributed by atoms with Gasteiger partial charge in [-0.3, -0.25) is 9.59 Å². The number of nitrogens with one attached hydrogen (secondary N) is 2. The molecule has 0 bridgehead atoms. The third-order valence-electron chi connectivity index (χ3n) is 4.33. The first-order valence-corrected chi connectivity index (χ1v) is 8.36. The van der Waals surface area contributed by atoms with Crippen LogP contribution >= 0.6 is 0 Å². The number of aryl methyl sites for hydroxylation is 2. The molecule has 2 rings (SSSR count). The van der Waals surface area contributed by atoms with E-state index in [-0.39, 0.29) is 23.1 Å². The second-order valence-corrected chi connectivity index (χ2v) is 6.26. The molecule has 0 saturated carbocycles. The molecule has 25 heavy (non-hydrogen) atoms. The van der Waals surface area contributed by atoms with Crippen LogP contribution in [0.2, 0.25) is 0 Å². The number of pyridine rings is 1. The maximum atomic E-state index is 12.2. The minimum Gasteiger partial charge on any atom is -0.469 e. The number of carbonyl (C=O) groups is 1. The Balaban J connectivity index is 1.90. The molecule has 0 aromatic carbocycles. The molecule has 2 heterocycles. The van der Waals surface area contributed by atoms with Crippen LogP contribution in [0, 0.1) is 25.2 Å². The number of H-pyrrole nitrogens is 1. The molecule has 1 atom stereocenters. The molecule has 6 heteroatoms. The van der Waals surface area contributed by atoms with Crippen molar-refractivity contribution in [2.45, 2.75) is 52.5 Å². The number of nitriles is 1. The summed E-state index contributed by atoms with van der Waals surface area (Å²) < 4.78 is 5.28. The second kappa shape index (κ2) is 8.34. The van der Waals surface area contributed by atoms with Gasteiger partial charge in [-0.1, -0.05) is 0 Å². The van der Waals surface area contributed by atoms with Crippen molar-refractivity contribution < 1.29 is 9.21 Å². The number of aromatic nitrogens is 1. The number of carbonyl (C=O) groups excluding carboxylic acids is 1. The van der Waals surface area contributed by atoms with E-state index in [0.717, 1.165) is 24.2 Å². The smallest absolute Gasteiger partial charge is 0.266 e. The van der Waals surface area contributed by atoms with Crippen LogP contribution in [-0.4, -0.2) is 16.9 Å². The zero-order valence-electron chi connectivity index (χ0n) is 14.8. The molecular formula is C19H23N3O3. The normalized spacial score (nSPS) is 11.8. The summed E-state index contributed by atoms with van der Waals surface area (Å²) in [7, 11) is 0. The van der Waals surface area contributed by atoms with E-state index >= 15 is 0 Å². The van der Waals surface area contributed by atoms with E-state index in [9.17, 15) is 9.59 Å². The lowest BCUT2D eigenvalue weighted by Crippen LogP contribution is -2.33. The molecule has 2 aromatic heterocycles. The lowest BCUT2D eigenvalue weighted by Gasteiger charge is -2.14. The van der Waals surface area contributed by atoms with Gasteiger partial charge in [0.1, 0.15) is 17.4 Å².